The third-order valence-corrected chi connectivity index (χ3v) is 15.2. The van der Waals surface area contributed by atoms with Gasteiger partial charge >= 0.3 is 0 Å². The highest BCUT2D eigenvalue weighted by Gasteiger charge is 2.28. The lowest BCUT2D eigenvalue weighted by molar-refractivity contribution is -0.132. The molecule has 0 aliphatic heterocycles. The van der Waals surface area contributed by atoms with Gasteiger partial charge in [-0.25, -0.2) is 0 Å². The summed E-state index contributed by atoms with van der Waals surface area (Å²) in [4.78, 5) is 12.6. The molecule has 0 saturated heterocycles. The summed E-state index contributed by atoms with van der Waals surface area (Å²) in [5.41, 5.74) is 0. The van der Waals surface area contributed by atoms with Gasteiger partial charge in [-0.15, -0.1) is 0 Å². The fraction of sp³-hybridized carbons (Fsp3) is 0.866. The van der Waals surface area contributed by atoms with Gasteiger partial charge in [-0.2, -0.15) is 0 Å². The number of aliphatic hydroxyl groups excluding tert-OH is 4. The molecular weight excluding hydrogens is 899 g/mol. The van der Waals surface area contributed by atoms with Crippen molar-refractivity contribution >= 4 is 5.91 Å². The quantitative estimate of drug-likeness (QED) is 0.0308. The molecule has 6 heteroatoms. The van der Waals surface area contributed by atoms with E-state index in [4.69, 9.17) is 0 Å². The van der Waals surface area contributed by atoms with Crippen molar-refractivity contribution in [2.24, 2.45) is 0 Å². The summed E-state index contributed by atoms with van der Waals surface area (Å²) < 4.78 is 0. The van der Waals surface area contributed by atoms with Crippen molar-refractivity contribution in [2.45, 2.75) is 366 Å². The van der Waals surface area contributed by atoms with Crippen molar-refractivity contribution in [1.29, 1.82) is 0 Å². The molecular formula is C67H127NO5. The number of rotatable bonds is 60. The monoisotopic (exact) mass is 1030 g/mol. The molecule has 4 atom stereocenters. The number of amides is 1. The van der Waals surface area contributed by atoms with E-state index in [1.54, 1.807) is 0 Å². The van der Waals surface area contributed by atoms with E-state index in [0.29, 0.717) is 19.3 Å². The zero-order chi connectivity index (χ0) is 53.0. The van der Waals surface area contributed by atoms with Crippen molar-refractivity contribution in [3.05, 3.63) is 48.6 Å². The van der Waals surface area contributed by atoms with E-state index in [9.17, 15) is 25.2 Å². The van der Waals surface area contributed by atoms with Crippen molar-refractivity contribution < 1.29 is 25.2 Å². The standard InChI is InChI=1S/C67H127NO5/c1-3-5-7-9-11-13-15-17-19-21-23-25-27-29-31-33-35-37-39-41-43-45-47-49-51-53-55-57-59-61-65(71)67(73)68-63(62-69)66(72)64(70)60-58-56-54-52-50-48-46-44-42-40-38-36-34-32-30-28-26-24-22-20-18-16-14-12-10-8-6-4-2/h29,31,36,38,44,46,52,54,63-66,69-72H,3-28,30,32-35,37,39-43,45,47-51,53,55-62H2,1-2H3,(H,68,73)/b31-29-,38-36+,46-44+,54-52+. The average Bonchev–Trinajstić information content (AvgIpc) is 3.40. The minimum atomic E-state index is -1.30. The molecule has 73 heavy (non-hydrogen) atoms. The van der Waals surface area contributed by atoms with Crippen LogP contribution >= 0.6 is 0 Å². The molecule has 0 aromatic heterocycles. The summed E-state index contributed by atoms with van der Waals surface area (Å²) in [7, 11) is 0. The van der Waals surface area contributed by atoms with Crippen LogP contribution in [0, 0.1) is 0 Å². The molecule has 430 valence electrons. The van der Waals surface area contributed by atoms with Crippen LogP contribution in [0.15, 0.2) is 48.6 Å². The van der Waals surface area contributed by atoms with E-state index in [1.165, 1.54) is 257 Å². The Morgan fingerprint density at radius 1 is 0.329 bits per heavy atom. The summed E-state index contributed by atoms with van der Waals surface area (Å²) in [6.45, 7) is 4.08. The third-order valence-electron chi connectivity index (χ3n) is 15.2. The molecule has 0 rings (SSSR count). The van der Waals surface area contributed by atoms with Crippen LogP contribution in [0.3, 0.4) is 0 Å². The highest BCUT2D eigenvalue weighted by Crippen LogP contribution is 2.18. The van der Waals surface area contributed by atoms with Crippen LogP contribution in [0.5, 0.6) is 0 Å². The lowest BCUT2D eigenvalue weighted by atomic mass is 10.00. The summed E-state index contributed by atoms with van der Waals surface area (Å²) in [6.07, 6.45) is 79.3. The molecule has 0 aromatic carbocycles. The second kappa shape index (κ2) is 61.1. The SMILES string of the molecule is CCCCCCCCCCCCCC/C=C\CCCCCCCCCCCCCCCC(O)C(=O)NC(CO)C(O)C(O)CCC/C=C/CC/C=C/CC/C=C/CCCCCCCCCCCCCCCCC. The second-order valence-corrected chi connectivity index (χ2v) is 22.4. The first-order valence-electron chi connectivity index (χ1n) is 32.5. The smallest absolute Gasteiger partial charge is 0.249 e. The molecule has 0 heterocycles. The number of carbonyl (C=O) groups excluding carboxylic acids is 1. The Morgan fingerprint density at radius 3 is 0.863 bits per heavy atom. The van der Waals surface area contributed by atoms with Gasteiger partial charge in [0, 0.05) is 0 Å². The lowest BCUT2D eigenvalue weighted by Gasteiger charge is -2.27. The predicted octanol–water partition coefficient (Wildman–Crippen LogP) is 19.7. The maximum absolute atomic E-state index is 12.6. The van der Waals surface area contributed by atoms with Gasteiger partial charge in [0.1, 0.15) is 12.2 Å². The fourth-order valence-electron chi connectivity index (χ4n) is 10.1. The van der Waals surface area contributed by atoms with E-state index in [0.717, 1.165) is 51.4 Å². The minimum absolute atomic E-state index is 0.359. The zero-order valence-electron chi connectivity index (χ0n) is 48.9. The van der Waals surface area contributed by atoms with E-state index in [2.05, 4.69) is 67.8 Å². The van der Waals surface area contributed by atoms with Crippen molar-refractivity contribution in [3.8, 4) is 0 Å². The number of hydrogen-bond acceptors (Lipinski definition) is 5. The molecule has 0 aliphatic carbocycles. The second-order valence-electron chi connectivity index (χ2n) is 22.4. The van der Waals surface area contributed by atoms with Gasteiger partial charge in [0.2, 0.25) is 5.91 Å². The first-order chi connectivity index (χ1) is 36.0. The fourth-order valence-corrected chi connectivity index (χ4v) is 10.1. The molecule has 5 N–H and O–H groups in total. The van der Waals surface area contributed by atoms with E-state index in [1.807, 2.05) is 0 Å². The Kier molecular flexibility index (Phi) is 59.7. The van der Waals surface area contributed by atoms with Crippen LogP contribution in [-0.2, 0) is 4.79 Å². The number of carbonyl (C=O) groups is 1. The molecule has 0 fully saturated rings. The van der Waals surface area contributed by atoms with Gasteiger partial charge in [0.15, 0.2) is 0 Å². The topological polar surface area (TPSA) is 110 Å². The van der Waals surface area contributed by atoms with Crippen LogP contribution in [0.1, 0.15) is 341 Å². The van der Waals surface area contributed by atoms with Gasteiger partial charge in [0.25, 0.3) is 0 Å². The van der Waals surface area contributed by atoms with Crippen molar-refractivity contribution in [3.63, 3.8) is 0 Å². The van der Waals surface area contributed by atoms with Gasteiger partial charge in [-0.3, -0.25) is 4.79 Å². The van der Waals surface area contributed by atoms with E-state index in [-0.39, 0.29) is 0 Å². The van der Waals surface area contributed by atoms with Crippen LogP contribution < -0.4 is 5.32 Å². The Hall–Kier alpha value is -1.73. The molecule has 0 aromatic rings. The number of aliphatic hydroxyl groups is 4. The maximum atomic E-state index is 12.6. The normalized spacial score (nSPS) is 13.9. The Bertz CT molecular complexity index is 1200. The first kappa shape index (κ1) is 71.3. The third kappa shape index (κ3) is 54.9. The Balaban J connectivity index is 3.65. The molecule has 0 spiro atoms. The molecule has 4 unspecified atom stereocenters. The summed E-state index contributed by atoms with van der Waals surface area (Å²) in [5.74, 6) is -0.596. The van der Waals surface area contributed by atoms with Crippen LogP contribution in [0.4, 0.5) is 0 Å². The molecule has 0 bridgehead atoms. The molecule has 0 saturated carbocycles. The largest absolute Gasteiger partial charge is 0.394 e. The lowest BCUT2D eigenvalue weighted by Crippen LogP contribution is -2.53. The van der Waals surface area contributed by atoms with Crippen molar-refractivity contribution in [2.75, 3.05) is 6.61 Å². The average molecular weight is 1030 g/mol. The molecule has 0 radical (unpaired) electrons. The highest BCUT2D eigenvalue weighted by atomic mass is 16.3. The van der Waals surface area contributed by atoms with Crippen LogP contribution in [0.2, 0.25) is 0 Å². The Labute approximate surface area is 455 Å². The number of unbranched alkanes of at least 4 members (excludes halogenated alkanes) is 43. The number of nitrogens with one attached hydrogen (secondary N) is 1. The number of hydrogen-bond donors (Lipinski definition) is 5. The van der Waals surface area contributed by atoms with Gasteiger partial charge in [-0.05, 0) is 89.9 Å². The highest BCUT2D eigenvalue weighted by molar-refractivity contribution is 5.80. The van der Waals surface area contributed by atoms with E-state index < -0.39 is 36.9 Å². The molecule has 0 aliphatic rings. The summed E-state index contributed by atoms with van der Waals surface area (Å²) in [6, 6.07) is -1.01. The van der Waals surface area contributed by atoms with Crippen LogP contribution in [0.25, 0.3) is 0 Å². The van der Waals surface area contributed by atoms with Gasteiger partial charge in [-0.1, -0.05) is 300 Å². The predicted molar refractivity (Wildman–Crippen MR) is 320 cm³/mol. The minimum Gasteiger partial charge on any atom is -0.394 e. The summed E-state index contributed by atoms with van der Waals surface area (Å²) in [5, 5.41) is 44.1. The molecule has 1 amide bonds. The van der Waals surface area contributed by atoms with Crippen molar-refractivity contribution in [1.82, 2.24) is 5.32 Å². The van der Waals surface area contributed by atoms with Gasteiger partial charge < -0.3 is 25.7 Å². The van der Waals surface area contributed by atoms with E-state index >= 15 is 0 Å². The first-order valence-corrected chi connectivity index (χ1v) is 32.5. The zero-order valence-corrected chi connectivity index (χ0v) is 48.9. The summed E-state index contributed by atoms with van der Waals surface area (Å²) >= 11 is 0. The Morgan fingerprint density at radius 2 is 0.575 bits per heavy atom. The molecule has 6 nitrogen and oxygen atoms in total. The number of allylic oxidation sites excluding steroid dienone is 8. The van der Waals surface area contributed by atoms with Crippen LogP contribution in [-0.4, -0.2) is 57.3 Å². The van der Waals surface area contributed by atoms with Gasteiger partial charge in [0.05, 0.1) is 18.8 Å². The maximum Gasteiger partial charge on any atom is 0.249 e.